The van der Waals surface area contributed by atoms with Crippen LogP contribution in [0.1, 0.15) is 20.7 Å². The molecule has 4 aromatic rings. The third-order valence-electron chi connectivity index (χ3n) is 4.66. The van der Waals surface area contributed by atoms with E-state index in [-0.39, 0.29) is 11.1 Å². The predicted molar refractivity (Wildman–Crippen MR) is 112 cm³/mol. The van der Waals surface area contributed by atoms with E-state index in [4.69, 9.17) is 0 Å². The highest BCUT2D eigenvalue weighted by Crippen LogP contribution is 2.25. The molecule has 0 amide bonds. The van der Waals surface area contributed by atoms with E-state index in [0.29, 0.717) is 17.0 Å². The standard InChI is InChI=1S/C24H16N2O4/c27-23(28)19-10-18(11-20(12-19)24(29)30)21-13-25-22(26-14-21)17-8-6-16(7-9-17)15-4-2-1-3-5-15/h1-14H,(H,27,28)(H,29,30). The molecule has 30 heavy (non-hydrogen) atoms. The molecule has 146 valence electrons. The lowest BCUT2D eigenvalue weighted by Gasteiger charge is -2.07. The van der Waals surface area contributed by atoms with Gasteiger partial charge in [-0.3, -0.25) is 0 Å². The number of benzene rings is 3. The molecule has 0 saturated carbocycles. The quantitative estimate of drug-likeness (QED) is 0.499. The third-order valence-corrected chi connectivity index (χ3v) is 4.66. The monoisotopic (exact) mass is 396 g/mol. The fourth-order valence-electron chi connectivity index (χ4n) is 3.11. The summed E-state index contributed by atoms with van der Waals surface area (Å²) in [5, 5.41) is 18.5. The molecule has 6 nitrogen and oxygen atoms in total. The van der Waals surface area contributed by atoms with Crippen molar-refractivity contribution < 1.29 is 19.8 Å². The van der Waals surface area contributed by atoms with Gasteiger partial charge in [0.2, 0.25) is 0 Å². The van der Waals surface area contributed by atoms with Gasteiger partial charge in [0.25, 0.3) is 0 Å². The summed E-state index contributed by atoms with van der Waals surface area (Å²) in [7, 11) is 0. The lowest BCUT2D eigenvalue weighted by atomic mass is 10.0. The number of hydrogen-bond acceptors (Lipinski definition) is 4. The van der Waals surface area contributed by atoms with Crippen molar-refractivity contribution in [1.29, 1.82) is 0 Å². The molecule has 4 rings (SSSR count). The molecule has 1 aromatic heterocycles. The zero-order valence-electron chi connectivity index (χ0n) is 15.7. The van der Waals surface area contributed by atoms with E-state index < -0.39 is 11.9 Å². The molecule has 0 radical (unpaired) electrons. The highest BCUT2D eigenvalue weighted by atomic mass is 16.4. The van der Waals surface area contributed by atoms with Crippen LogP contribution >= 0.6 is 0 Å². The van der Waals surface area contributed by atoms with Gasteiger partial charge in [-0.15, -0.1) is 0 Å². The van der Waals surface area contributed by atoms with E-state index in [9.17, 15) is 19.8 Å². The average molecular weight is 396 g/mol. The lowest BCUT2D eigenvalue weighted by molar-refractivity contribution is 0.0696. The first kappa shape index (κ1) is 19.0. The first-order valence-electron chi connectivity index (χ1n) is 9.11. The predicted octanol–water partition coefficient (Wildman–Crippen LogP) is 4.87. The Bertz CT molecular complexity index is 1190. The van der Waals surface area contributed by atoms with Crippen LogP contribution in [0.25, 0.3) is 33.6 Å². The molecule has 0 spiro atoms. The van der Waals surface area contributed by atoms with Crippen LogP contribution in [0, 0.1) is 0 Å². The number of carbonyl (C=O) groups is 2. The lowest BCUT2D eigenvalue weighted by Crippen LogP contribution is -2.03. The van der Waals surface area contributed by atoms with Crippen molar-refractivity contribution in [2.24, 2.45) is 0 Å². The Morgan fingerprint density at radius 1 is 0.567 bits per heavy atom. The molecular weight excluding hydrogens is 380 g/mol. The molecule has 0 unspecified atom stereocenters. The molecule has 1 heterocycles. The van der Waals surface area contributed by atoms with Crippen molar-refractivity contribution in [3.8, 4) is 33.6 Å². The fraction of sp³-hybridized carbons (Fsp3) is 0. The summed E-state index contributed by atoms with van der Waals surface area (Å²) < 4.78 is 0. The Morgan fingerprint density at radius 2 is 1.07 bits per heavy atom. The molecule has 0 fully saturated rings. The molecule has 0 aliphatic rings. The smallest absolute Gasteiger partial charge is 0.335 e. The highest BCUT2D eigenvalue weighted by molar-refractivity contribution is 5.96. The molecule has 3 aromatic carbocycles. The Morgan fingerprint density at radius 3 is 1.60 bits per heavy atom. The van der Waals surface area contributed by atoms with Crippen molar-refractivity contribution in [3.63, 3.8) is 0 Å². The van der Waals surface area contributed by atoms with Crippen molar-refractivity contribution in [1.82, 2.24) is 9.97 Å². The van der Waals surface area contributed by atoms with Crippen LogP contribution in [0.4, 0.5) is 0 Å². The second-order valence-corrected chi connectivity index (χ2v) is 6.65. The molecule has 0 bridgehead atoms. The van der Waals surface area contributed by atoms with Crippen molar-refractivity contribution in [2.45, 2.75) is 0 Å². The number of aromatic carboxylic acids is 2. The van der Waals surface area contributed by atoms with Gasteiger partial charge in [0.15, 0.2) is 5.82 Å². The molecular formula is C24H16N2O4. The second-order valence-electron chi connectivity index (χ2n) is 6.65. The van der Waals surface area contributed by atoms with Gasteiger partial charge in [-0.1, -0.05) is 54.6 Å². The van der Waals surface area contributed by atoms with E-state index in [1.165, 1.54) is 12.1 Å². The van der Waals surface area contributed by atoms with Crippen LogP contribution in [0.2, 0.25) is 0 Å². The Kier molecular flexibility index (Phi) is 5.05. The maximum Gasteiger partial charge on any atom is 0.335 e. The zero-order chi connectivity index (χ0) is 21.1. The first-order valence-corrected chi connectivity index (χ1v) is 9.11. The summed E-state index contributed by atoms with van der Waals surface area (Å²) in [6.45, 7) is 0. The van der Waals surface area contributed by atoms with Crippen LogP contribution < -0.4 is 0 Å². The minimum atomic E-state index is -1.20. The molecule has 0 saturated heterocycles. The minimum absolute atomic E-state index is 0.106. The normalized spacial score (nSPS) is 10.5. The van der Waals surface area contributed by atoms with Crippen molar-refractivity contribution in [3.05, 3.63) is 96.3 Å². The van der Waals surface area contributed by atoms with E-state index >= 15 is 0 Å². The Hall–Kier alpha value is -4.32. The summed E-state index contributed by atoms with van der Waals surface area (Å²) >= 11 is 0. The number of hydrogen-bond donors (Lipinski definition) is 2. The van der Waals surface area contributed by atoms with E-state index in [1.54, 1.807) is 12.4 Å². The molecule has 6 heteroatoms. The number of carboxylic acids is 2. The number of aromatic nitrogens is 2. The Balaban J connectivity index is 1.63. The summed E-state index contributed by atoms with van der Waals surface area (Å²) in [5.74, 6) is -1.88. The summed E-state index contributed by atoms with van der Waals surface area (Å²) in [5.41, 5.74) is 3.79. The van der Waals surface area contributed by atoms with E-state index in [2.05, 4.69) is 9.97 Å². The SMILES string of the molecule is O=C(O)c1cc(C(=O)O)cc(-c2cnc(-c3ccc(-c4ccccc4)cc3)nc2)c1. The van der Waals surface area contributed by atoms with Crippen LogP contribution in [-0.2, 0) is 0 Å². The maximum atomic E-state index is 11.3. The number of nitrogens with zero attached hydrogens (tertiary/aromatic N) is 2. The van der Waals surface area contributed by atoms with Crippen LogP contribution in [-0.4, -0.2) is 32.1 Å². The van der Waals surface area contributed by atoms with Gasteiger partial charge >= 0.3 is 11.9 Å². The third kappa shape index (κ3) is 3.93. The van der Waals surface area contributed by atoms with E-state index in [0.717, 1.165) is 22.8 Å². The molecule has 0 atom stereocenters. The van der Waals surface area contributed by atoms with Gasteiger partial charge in [-0.2, -0.15) is 0 Å². The zero-order valence-corrected chi connectivity index (χ0v) is 15.7. The topological polar surface area (TPSA) is 100 Å². The van der Waals surface area contributed by atoms with Crippen LogP contribution in [0.15, 0.2) is 85.2 Å². The van der Waals surface area contributed by atoms with Crippen LogP contribution in [0.3, 0.4) is 0 Å². The maximum absolute atomic E-state index is 11.3. The van der Waals surface area contributed by atoms with E-state index in [1.807, 2.05) is 54.6 Å². The summed E-state index contributed by atoms with van der Waals surface area (Å²) in [6.07, 6.45) is 3.11. The summed E-state index contributed by atoms with van der Waals surface area (Å²) in [6, 6.07) is 21.8. The molecule has 2 N–H and O–H groups in total. The van der Waals surface area contributed by atoms with Crippen LogP contribution in [0.5, 0.6) is 0 Å². The van der Waals surface area contributed by atoms with Gasteiger partial charge < -0.3 is 10.2 Å². The highest BCUT2D eigenvalue weighted by Gasteiger charge is 2.13. The largest absolute Gasteiger partial charge is 0.478 e. The van der Waals surface area contributed by atoms with Gasteiger partial charge in [0, 0.05) is 23.5 Å². The van der Waals surface area contributed by atoms with Gasteiger partial charge in [0.1, 0.15) is 0 Å². The average Bonchev–Trinajstić information content (AvgIpc) is 2.79. The number of carboxylic acid groups (broad SMARTS) is 2. The van der Waals surface area contributed by atoms with Gasteiger partial charge in [0.05, 0.1) is 11.1 Å². The number of rotatable bonds is 5. The fourth-order valence-corrected chi connectivity index (χ4v) is 3.11. The first-order chi connectivity index (χ1) is 14.5. The van der Waals surface area contributed by atoms with Gasteiger partial charge in [-0.25, -0.2) is 19.6 Å². The van der Waals surface area contributed by atoms with Gasteiger partial charge in [-0.05, 0) is 34.9 Å². The molecule has 0 aliphatic heterocycles. The Labute approximate surface area is 172 Å². The summed E-state index contributed by atoms with van der Waals surface area (Å²) in [4.78, 5) is 31.4. The molecule has 0 aliphatic carbocycles. The van der Waals surface area contributed by atoms with Crippen molar-refractivity contribution >= 4 is 11.9 Å². The second kappa shape index (κ2) is 7.97. The van der Waals surface area contributed by atoms with Crippen molar-refractivity contribution in [2.75, 3.05) is 0 Å². The minimum Gasteiger partial charge on any atom is -0.478 e.